The quantitative estimate of drug-likeness (QED) is 0.785. The van der Waals surface area contributed by atoms with E-state index >= 15 is 0 Å². The number of ether oxygens (including phenoxy) is 2. The van der Waals surface area contributed by atoms with Gasteiger partial charge in [-0.1, -0.05) is 30.8 Å². The molecule has 0 saturated carbocycles. The molecule has 122 valence electrons. The van der Waals surface area contributed by atoms with Crippen molar-refractivity contribution in [3.05, 3.63) is 35.4 Å². The van der Waals surface area contributed by atoms with Crippen molar-refractivity contribution in [2.24, 2.45) is 0 Å². The lowest BCUT2D eigenvalue weighted by atomic mass is 9.96. The fourth-order valence-corrected chi connectivity index (χ4v) is 6.34. The lowest BCUT2D eigenvalue weighted by Crippen LogP contribution is -2.43. The van der Waals surface area contributed by atoms with Crippen LogP contribution in [-0.4, -0.2) is 38.2 Å². The van der Waals surface area contributed by atoms with Crippen LogP contribution < -0.4 is 0 Å². The van der Waals surface area contributed by atoms with Gasteiger partial charge in [-0.15, -0.1) is 0 Å². The van der Waals surface area contributed by atoms with E-state index in [-0.39, 0.29) is 20.0 Å². The van der Waals surface area contributed by atoms with Gasteiger partial charge in [0.15, 0.2) is 0 Å². The van der Waals surface area contributed by atoms with Gasteiger partial charge in [0.2, 0.25) is 0 Å². The first-order valence-corrected chi connectivity index (χ1v) is 12.2. The van der Waals surface area contributed by atoms with Crippen LogP contribution in [0, 0.1) is 0 Å². The first-order chi connectivity index (χ1) is 10.7. The first-order valence-electron chi connectivity index (χ1n) is 9.03. The molecular weight excluding hydrogens is 304 g/mol. The van der Waals surface area contributed by atoms with E-state index in [1.165, 1.54) is 49.7 Å². The molecule has 2 nitrogen and oxygen atoms in total. The SMILES string of the molecule is C[SiH2]C1(Cc2ccc(C3([SiH3])CCCCO3)cc2)CCCCO1. The van der Waals surface area contributed by atoms with Crippen LogP contribution in [0.5, 0.6) is 0 Å². The second kappa shape index (κ2) is 6.99. The van der Waals surface area contributed by atoms with Gasteiger partial charge in [0, 0.05) is 23.5 Å². The zero-order valence-corrected chi connectivity index (χ0v) is 17.6. The summed E-state index contributed by atoms with van der Waals surface area (Å²) >= 11 is 0. The van der Waals surface area contributed by atoms with Gasteiger partial charge >= 0.3 is 0 Å². The Balaban J connectivity index is 1.71. The minimum absolute atomic E-state index is 0.0648. The summed E-state index contributed by atoms with van der Waals surface area (Å²) in [4.78, 5) is 0. The Morgan fingerprint density at radius 1 is 1.00 bits per heavy atom. The van der Waals surface area contributed by atoms with Crippen molar-refractivity contribution in [2.75, 3.05) is 13.2 Å². The van der Waals surface area contributed by atoms with E-state index in [9.17, 15) is 0 Å². The molecule has 0 amide bonds. The number of hydrogen-bond acceptors (Lipinski definition) is 2. The molecule has 2 saturated heterocycles. The molecular formula is C18H30O2Si2. The van der Waals surface area contributed by atoms with E-state index in [0.29, 0.717) is 0 Å². The van der Waals surface area contributed by atoms with E-state index < -0.39 is 0 Å². The maximum Gasteiger partial charge on any atom is 0.0723 e. The van der Waals surface area contributed by atoms with Crippen molar-refractivity contribution in [3.63, 3.8) is 0 Å². The predicted molar refractivity (Wildman–Crippen MR) is 98.5 cm³/mol. The summed E-state index contributed by atoms with van der Waals surface area (Å²) in [7, 11) is 0.917. The van der Waals surface area contributed by atoms with Crippen molar-refractivity contribution in [1.82, 2.24) is 0 Å². The van der Waals surface area contributed by atoms with Crippen LogP contribution in [0.4, 0.5) is 0 Å². The average molecular weight is 335 g/mol. The third-order valence-electron chi connectivity index (χ3n) is 5.64. The summed E-state index contributed by atoms with van der Waals surface area (Å²) in [5, 5.41) is 0.287. The molecule has 1 aromatic carbocycles. The number of rotatable bonds is 4. The van der Waals surface area contributed by atoms with Gasteiger partial charge in [0.05, 0.1) is 20.0 Å². The van der Waals surface area contributed by atoms with Crippen molar-refractivity contribution < 1.29 is 9.47 Å². The fourth-order valence-electron chi connectivity index (χ4n) is 3.96. The zero-order chi connectivity index (χ0) is 15.5. The highest BCUT2D eigenvalue weighted by Gasteiger charge is 2.32. The summed E-state index contributed by atoms with van der Waals surface area (Å²) in [6.07, 6.45) is 8.71. The normalized spacial score (nSPS) is 33.5. The van der Waals surface area contributed by atoms with Gasteiger partial charge in [-0.2, -0.15) is 0 Å². The highest BCUT2D eigenvalue weighted by Crippen LogP contribution is 2.33. The Kier molecular flexibility index (Phi) is 5.22. The minimum atomic E-state index is -0.163. The second-order valence-corrected chi connectivity index (χ2v) is 10.9. The van der Waals surface area contributed by atoms with Crippen molar-refractivity contribution in [1.29, 1.82) is 0 Å². The van der Waals surface area contributed by atoms with Gasteiger partial charge in [-0.25, -0.2) is 0 Å². The molecule has 2 atom stereocenters. The van der Waals surface area contributed by atoms with Crippen molar-refractivity contribution in [2.45, 2.75) is 61.9 Å². The molecule has 0 bridgehead atoms. The summed E-state index contributed by atoms with van der Waals surface area (Å²) < 4.78 is 12.4. The molecule has 0 aromatic heterocycles. The van der Waals surface area contributed by atoms with Crippen LogP contribution >= 0.6 is 0 Å². The molecule has 4 heteroatoms. The molecule has 2 unspecified atom stereocenters. The van der Waals surface area contributed by atoms with Crippen LogP contribution in [0.15, 0.2) is 24.3 Å². The summed E-state index contributed by atoms with van der Waals surface area (Å²) in [6.45, 7) is 4.31. The van der Waals surface area contributed by atoms with Crippen LogP contribution in [0.25, 0.3) is 0 Å². The average Bonchev–Trinajstić information content (AvgIpc) is 2.57. The number of benzene rings is 1. The van der Waals surface area contributed by atoms with Gasteiger partial charge in [-0.05, 0) is 56.1 Å². The molecule has 2 aliphatic heterocycles. The lowest BCUT2D eigenvalue weighted by Gasteiger charge is -2.37. The van der Waals surface area contributed by atoms with Crippen LogP contribution in [-0.2, 0) is 21.1 Å². The Bertz CT molecular complexity index is 474. The third-order valence-corrected chi connectivity index (χ3v) is 9.10. The van der Waals surface area contributed by atoms with Crippen molar-refractivity contribution >= 4 is 19.8 Å². The highest BCUT2D eigenvalue weighted by molar-refractivity contribution is 6.38. The topological polar surface area (TPSA) is 18.5 Å². The van der Waals surface area contributed by atoms with E-state index in [1.54, 1.807) is 0 Å². The molecule has 2 fully saturated rings. The van der Waals surface area contributed by atoms with Crippen LogP contribution in [0.1, 0.15) is 49.7 Å². The maximum atomic E-state index is 6.23. The van der Waals surface area contributed by atoms with E-state index in [0.717, 1.165) is 29.9 Å². The molecule has 1 aromatic rings. The van der Waals surface area contributed by atoms with E-state index in [1.807, 2.05) is 0 Å². The summed E-state index contributed by atoms with van der Waals surface area (Å²) in [5.41, 5.74) is 2.84. The second-order valence-electron chi connectivity index (χ2n) is 7.25. The van der Waals surface area contributed by atoms with E-state index in [4.69, 9.17) is 9.47 Å². The Hall–Kier alpha value is -0.426. The number of hydrogen-bond donors (Lipinski definition) is 0. The van der Waals surface area contributed by atoms with Gasteiger partial charge in [0.1, 0.15) is 0 Å². The minimum Gasteiger partial charge on any atom is -0.379 e. The Morgan fingerprint density at radius 3 is 2.23 bits per heavy atom. The molecule has 0 radical (unpaired) electrons. The highest BCUT2D eigenvalue weighted by atomic mass is 28.2. The summed E-state index contributed by atoms with van der Waals surface area (Å²) in [6, 6.07) is 9.30. The molecule has 0 N–H and O–H groups in total. The molecule has 0 spiro atoms. The first kappa shape index (κ1) is 16.4. The van der Waals surface area contributed by atoms with Crippen LogP contribution in [0.3, 0.4) is 0 Å². The zero-order valence-electron chi connectivity index (χ0n) is 14.2. The van der Waals surface area contributed by atoms with Gasteiger partial charge in [-0.3, -0.25) is 0 Å². The van der Waals surface area contributed by atoms with Crippen LogP contribution in [0.2, 0.25) is 6.55 Å². The molecule has 2 heterocycles. The maximum absolute atomic E-state index is 6.23. The smallest absolute Gasteiger partial charge is 0.0723 e. The monoisotopic (exact) mass is 334 g/mol. The molecule has 0 aliphatic carbocycles. The molecule has 3 rings (SSSR count). The Labute approximate surface area is 140 Å². The third kappa shape index (κ3) is 3.56. The fraction of sp³-hybridized carbons (Fsp3) is 0.667. The van der Waals surface area contributed by atoms with Gasteiger partial charge < -0.3 is 9.47 Å². The lowest BCUT2D eigenvalue weighted by molar-refractivity contribution is -0.0213. The Morgan fingerprint density at radius 2 is 1.68 bits per heavy atom. The predicted octanol–water partition coefficient (Wildman–Crippen LogP) is 2.06. The van der Waals surface area contributed by atoms with Crippen molar-refractivity contribution in [3.8, 4) is 0 Å². The van der Waals surface area contributed by atoms with E-state index in [2.05, 4.69) is 30.8 Å². The molecule has 2 aliphatic rings. The standard InChI is InChI=1S/C18H30O2Si2/c1-22-17(10-2-4-12-19-17)14-15-6-8-16(9-7-15)18(21)11-3-5-13-20-18/h6-9H,2-5,10-14,22H2,1,21H3. The largest absolute Gasteiger partial charge is 0.379 e. The summed E-state index contributed by atoms with van der Waals surface area (Å²) in [5.74, 6) is 0. The van der Waals surface area contributed by atoms with Gasteiger partial charge in [0.25, 0.3) is 0 Å². The molecule has 22 heavy (non-hydrogen) atoms.